The molecule has 0 aromatic heterocycles. The largest absolute Gasteiger partial charge is 0.478 e. The second kappa shape index (κ2) is 5.34. The maximum absolute atomic E-state index is 11.1. The molecular formula is C11H22O2Si. The van der Waals surface area contributed by atoms with Crippen LogP contribution >= 0.6 is 0 Å². The van der Waals surface area contributed by atoms with Crippen LogP contribution in [-0.4, -0.2) is 19.1 Å². The van der Waals surface area contributed by atoms with E-state index in [0.29, 0.717) is 5.20 Å². The van der Waals surface area contributed by atoms with Crippen molar-refractivity contribution in [2.24, 2.45) is 0 Å². The smallest absolute Gasteiger partial charge is 0.327 e. The van der Waals surface area contributed by atoms with Gasteiger partial charge in [0.2, 0.25) is 0 Å². The van der Waals surface area contributed by atoms with Crippen molar-refractivity contribution in [2.75, 3.05) is 0 Å². The van der Waals surface area contributed by atoms with Gasteiger partial charge in [-0.3, -0.25) is 0 Å². The minimum atomic E-state index is -1.68. The molecule has 0 rings (SSSR count). The summed E-state index contributed by atoms with van der Waals surface area (Å²) >= 11 is 0. The first-order valence-corrected chi connectivity index (χ1v) is 8.74. The van der Waals surface area contributed by atoms with Crippen molar-refractivity contribution in [1.29, 1.82) is 0 Å². The van der Waals surface area contributed by atoms with Gasteiger partial charge in [0, 0.05) is 5.20 Å². The molecule has 14 heavy (non-hydrogen) atoms. The van der Waals surface area contributed by atoms with E-state index in [2.05, 4.69) is 26.6 Å². The van der Waals surface area contributed by atoms with Crippen molar-refractivity contribution in [2.45, 2.75) is 52.8 Å². The van der Waals surface area contributed by atoms with E-state index in [-0.39, 0.29) is 0 Å². The van der Waals surface area contributed by atoms with Crippen LogP contribution in [0.25, 0.3) is 0 Å². The number of aliphatic carboxylic acids is 1. The summed E-state index contributed by atoms with van der Waals surface area (Å²) in [6.45, 7) is 10.4. The van der Waals surface area contributed by atoms with Crippen LogP contribution in [0.5, 0.6) is 0 Å². The number of carboxylic acids is 1. The molecule has 0 unspecified atom stereocenters. The second-order valence-corrected chi connectivity index (χ2v) is 9.81. The summed E-state index contributed by atoms with van der Waals surface area (Å²) < 4.78 is 0. The van der Waals surface area contributed by atoms with Gasteiger partial charge in [0.15, 0.2) is 0 Å². The fraction of sp³-hybridized carbons (Fsp3) is 0.727. The SMILES string of the molecule is CCCCC(C)=C(C(=O)O)[Si](C)(C)C. The molecule has 0 saturated heterocycles. The summed E-state index contributed by atoms with van der Waals surface area (Å²) in [6, 6.07) is 0. The van der Waals surface area contributed by atoms with E-state index in [0.717, 1.165) is 24.8 Å². The Bertz CT molecular complexity index is 236. The molecule has 0 amide bonds. The molecule has 0 fully saturated rings. The summed E-state index contributed by atoms with van der Waals surface area (Å²) in [5, 5.41) is 9.87. The lowest BCUT2D eigenvalue weighted by atomic mass is 10.1. The van der Waals surface area contributed by atoms with Gasteiger partial charge in [-0.05, 0) is 19.8 Å². The van der Waals surface area contributed by atoms with Gasteiger partial charge in [-0.15, -0.1) is 0 Å². The topological polar surface area (TPSA) is 37.3 Å². The monoisotopic (exact) mass is 214 g/mol. The molecule has 0 aliphatic carbocycles. The molecule has 82 valence electrons. The van der Waals surface area contributed by atoms with Crippen LogP contribution in [0.15, 0.2) is 10.8 Å². The van der Waals surface area contributed by atoms with E-state index in [9.17, 15) is 4.79 Å². The van der Waals surface area contributed by atoms with Gasteiger partial charge < -0.3 is 5.11 Å². The van der Waals surface area contributed by atoms with Crippen LogP contribution in [0, 0.1) is 0 Å². The third-order valence-electron chi connectivity index (χ3n) is 2.30. The number of carbonyl (C=O) groups is 1. The zero-order chi connectivity index (χ0) is 11.4. The molecule has 0 aliphatic heterocycles. The van der Waals surface area contributed by atoms with Gasteiger partial charge in [-0.2, -0.15) is 0 Å². The van der Waals surface area contributed by atoms with E-state index >= 15 is 0 Å². The summed E-state index contributed by atoms with van der Waals surface area (Å²) in [5.41, 5.74) is 1.08. The quantitative estimate of drug-likeness (QED) is 0.562. The van der Waals surface area contributed by atoms with Gasteiger partial charge in [0.05, 0.1) is 8.07 Å². The Balaban J connectivity index is 4.87. The zero-order valence-electron chi connectivity index (χ0n) is 9.98. The second-order valence-electron chi connectivity index (χ2n) is 4.81. The molecule has 0 saturated carbocycles. The molecule has 0 spiro atoms. The van der Waals surface area contributed by atoms with Crippen LogP contribution in [-0.2, 0) is 4.79 Å². The molecule has 0 aliphatic rings. The van der Waals surface area contributed by atoms with Crippen LogP contribution in [0.3, 0.4) is 0 Å². The molecule has 0 aromatic carbocycles. The maximum Gasteiger partial charge on any atom is 0.327 e. The summed E-state index contributed by atoms with van der Waals surface area (Å²) in [5.74, 6) is -0.710. The van der Waals surface area contributed by atoms with Crippen LogP contribution in [0.4, 0.5) is 0 Å². The highest BCUT2D eigenvalue weighted by Gasteiger charge is 2.27. The molecule has 2 nitrogen and oxygen atoms in total. The fourth-order valence-corrected chi connectivity index (χ4v) is 3.76. The number of allylic oxidation sites excluding steroid dienone is 1. The van der Waals surface area contributed by atoms with Crippen molar-refractivity contribution >= 4 is 14.0 Å². The van der Waals surface area contributed by atoms with E-state index in [1.165, 1.54) is 0 Å². The molecule has 3 heteroatoms. The first-order valence-electron chi connectivity index (χ1n) is 5.24. The highest BCUT2D eigenvalue weighted by atomic mass is 28.3. The van der Waals surface area contributed by atoms with Crippen molar-refractivity contribution in [3.8, 4) is 0 Å². The highest BCUT2D eigenvalue weighted by molar-refractivity contribution is 6.87. The Morgan fingerprint density at radius 1 is 1.29 bits per heavy atom. The van der Waals surface area contributed by atoms with Crippen LogP contribution in [0.1, 0.15) is 33.1 Å². The minimum absolute atomic E-state index is 0.710. The zero-order valence-corrected chi connectivity index (χ0v) is 11.0. The van der Waals surface area contributed by atoms with E-state index in [4.69, 9.17) is 5.11 Å². The standard InChI is InChI=1S/C11H22O2Si/c1-6-7-8-9(2)10(11(12)13)14(3,4)5/h6-8H2,1-5H3,(H,12,13). The lowest BCUT2D eigenvalue weighted by Gasteiger charge is -2.20. The van der Waals surface area contributed by atoms with Gasteiger partial charge in [-0.1, -0.05) is 38.6 Å². The van der Waals surface area contributed by atoms with E-state index in [1.807, 2.05) is 6.92 Å². The molecule has 1 N–H and O–H groups in total. The van der Waals surface area contributed by atoms with Gasteiger partial charge in [0.25, 0.3) is 0 Å². The molecule has 0 atom stereocenters. The molecule has 0 radical (unpaired) electrons. The lowest BCUT2D eigenvalue weighted by molar-refractivity contribution is -0.132. The average molecular weight is 214 g/mol. The Labute approximate surface area is 88.0 Å². The molecule has 0 bridgehead atoms. The lowest BCUT2D eigenvalue weighted by Crippen LogP contribution is -2.30. The van der Waals surface area contributed by atoms with Crippen molar-refractivity contribution in [3.05, 3.63) is 10.8 Å². The first-order chi connectivity index (χ1) is 6.30. The average Bonchev–Trinajstić information content (AvgIpc) is 1.97. The third kappa shape index (κ3) is 4.09. The first kappa shape index (κ1) is 13.4. The van der Waals surface area contributed by atoms with Crippen molar-refractivity contribution < 1.29 is 9.90 Å². The summed E-state index contributed by atoms with van der Waals surface area (Å²) in [7, 11) is -1.68. The third-order valence-corrected chi connectivity index (χ3v) is 4.44. The number of hydrogen-bond donors (Lipinski definition) is 1. The molecular weight excluding hydrogens is 192 g/mol. The van der Waals surface area contributed by atoms with Crippen molar-refractivity contribution in [1.82, 2.24) is 0 Å². The molecule has 0 heterocycles. The van der Waals surface area contributed by atoms with Gasteiger partial charge in [-0.25, -0.2) is 4.79 Å². The highest BCUT2D eigenvalue weighted by Crippen LogP contribution is 2.22. The Kier molecular flexibility index (Phi) is 5.12. The van der Waals surface area contributed by atoms with Crippen LogP contribution in [0.2, 0.25) is 19.6 Å². The predicted octanol–water partition coefficient (Wildman–Crippen LogP) is 3.46. The predicted molar refractivity (Wildman–Crippen MR) is 63.2 cm³/mol. The Morgan fingerprint density at radius 2 is 1.79 bits per heavy atom. The maximum atomic E-state index is 11.1. The van der Waals surface area contributed by atoms with Gasteiger partial charge in [0.1, 0.15) is 0 Å². The van der Waals surface area contributed by atoms with Crippen molar-refractivity contribution in [3.63, 3.8) is 0 Å². The normalized spacial score (nSPS) is 13.8. The summed E-state index contributed by atoms with van der Waals surface area (Å²) in [4.78, 5) is 11.1. The van der Waals surface area contributed by atoms with E-state index in [1.54, 1.807) is 0 Å². The fourth-order valence-electron chi connectivity index (χ4n) is 1.71. The number of carboxylic acid groups (broad SMARTS) is 1. The Morgan fingerprint density at radius 3 is 2.07 bits per heavy atom. The number of rotatable bonds is 5. The summed E-state index contributed by atoms with van der Waals surface area (Å²) in [6.07, 6.45) is 3.14. The number of unbranched alkanes of at least 4 members (excludes halogenated alkanes) is 1. The van der Waals surface area contributed by atoms with Crippen LogP contribution < -0.4 is 0 Å². The minimum Gasteiger partial charge on any atom is -0.478 e. The van der Waals surface area contributed by atoms with E-state index < -0.39 is 14.0 Å². The molecule has 0 aromatic rings. The van der Waals surface area contributed by atoms with Gasteiger partial charge >= 0.3 is 5.97 Å². The Hall–Kier alpha value is -0.573. The number of hydrogen-bond acceptors (Lipinski definition) is 1.